The van der Waals surface area contributed by atoms with Crippen LogP contribution in [0.3, 0.4) is 0 Å². The highest BCUT2D eigenvalue weighted by molar-refractivity contribution is 14.1. The van der Waals surface area contributed by atoms with Crippen molar-refractivity contribution in [2.45, 2.75) is 19.4 Å². The summed E-state index contributed by atoms with van der Waals surface area (Å²) in [5.41, 5.74) is 7.56. The number of rotatable bonds is 3. The van der Waals surface area contributed by atoms with E-state index in [4.69, 9.17) is 5.73 Å². The molecule has 0 aliphatic carbocycles. The number of imidazole rings is 1. The Morgan fingerprint density at radius 3 is 2.95 bits per heavy atom. The van der Waals surface area contributed by atoms with Crippen LogP contribution in [0.2, 0.25) is 0 Å². The molecule has 2 heterocycles. The minimum absolute atomic E-state index is 0.0967. The molecule has 0 radical (unpaired) electrons. The molecule has 1 unspecified atom stereocenters. The average Bonchev–Trinajstić information content (AvgIpc) is 3.02. The van der Waals surface area contributed by atoms with E-state index in [1.54, 1.807) is 17.4 Å². The molecular weight excluding hydrogens is 388 g/mol. The first-order valence-electron chi connectivity index (χ1n) is 6.27. The van der Waals surface area contributed by atoms with Gasteiger partial charge in [-0.2, -0.15) is 0 Å². The number of fused-ring (bicyclic) bond motifs is 1. The van der Waals surface area contributed by atoms with E-state index >= 15 is 0 Å². The van der Waals surface area contributed by atoms with Gasteiger partial charge in [-0.25, -0.2) is 9.37 Å². The maximum absolute atomic E-state index is 13.9. The van der Waals surface area contributed by atoms with Gasteiger partial charge in [-0.05, 0) is 46.5 Å². The van der Waals surface area contributed by atoms with Crippen molar-refractivity contribution < 1.29 is 4.39 Å². The largest absolute Gasteiger partial charge is 0.369 e. The Morgan fingerprint density at radius 2 is 2.30 bits per heavy atom. The van der Waals surface area contributed by atoms with Crippen LogP contribution in [-0.4, -0.2) is 9.55 Å². The maximum Gasteiger partial charge on any atom is 0.201 e. The van der Waals surface area contributed by atoms with E-state index < -0.39 is 0 Å². The molecule has 1 aromatic carbocycles. The summed E-state index contributed by atoms with van der Waals surface area (Å²) >= 11 is 3.65. The number of nitrogens with zero attached hydrogens (tertiary/aromatic N) is 2. The van der Waals surface area contributed by atoms with E-state index in [9.17, 15) is 4.39 Å². The first kappa shape index (κ1) is 13.8. The number of hydrogen-bond acceptors (Lipinski definition) is 3. The molecule has 0 amide bonds. The van der Waals surface area contributed by atoms with Gasteiger partial charge in [0.25, 0.3) is 0 Å². The van der Waals surface area contributed by atoms with E-state index in [0.29, 0.717) is 9.52 Å². The molecule has 104 valence electrons. The monoisotopic (exact) mass is 401 g/mol. The first-order valence-corrected chi connectivity index (χ1v) is 8.23. The minimum Gasteiger partial charge on any atom is -0.369 e. The number of nitrogen functional groups attached to an aromatic ring is 1. The molecule has 3 nitrogen and oxygen atoms in total. The van der Waals surface area contributed by atoms with E-state index in [-0.39, 0.29) is 11.9 Å². The van der Waals surface area contributed by atoms with Crippen LogP contribution >= 0.6 is 33.9 Å². The second-order valence-electron chi connectivity index (χ2n) is 4.53. The van der Waals surface area contributed by atoms with Gasteiger partial charge >= 0.3 is 0 Å². The van der Waals surface area contributed by atoms with Crippen molar-refractivity contribution >= 4 is 50.9 Å². The third kappa shape index (κ3) is 2.20. The average molecular weight is 401 g/mol. The molecule has 2 N–H and O–H groups in total. The van der Waals surface area contributed by atoms with Crippen molar-refractivity contribution in [3.8, 4) is 0 Å². The van der Waals surface area contributed by atoms with Gasteiger partial charge in [0.15, 0.2) is 0 Å². The highest BCUT2D eigenvalue weighted by Gasteiger charge is 2.20. The summed E-state index contributed by atoms with van der Waals surface area (Å²) in [6, 6.07) is 7.45. The molecule has 1 atom stereocenters. The fourth-order valence-electron chi connectivity index (χ4n) is 2.43. The number of anilines is 1. The number of benzene rings is 1. The molecule has 6 heteroatoms. The van der Waals surface area contributed by atoms with Crippen LogP contribution < -0.4 is 5.73 Å². The van der Waals surface area contributed by atoms with Crippen molar-refractivity contribution in [3.63, 3.8) is 0 Å². The fourth-order valence-corrected chi connectivity index (χ4v) is 3.78. The van der Waals surface area contributed by atoms with E-state index in [2.05, 4.69) is 18.0 Å². The third-order valence-corrected chi connectivity index (χ3v) is 5.13. The van der Waals surface area contributed by atoms with Gasteiger partial charge in [-0.15, -0.1) is 11.3 Å². The van der Waals surface area contributed by atoms with Gasteiger partial charge in [-0.1, -0.05) is 13.0 Å². The van der Waals surface area contributed by atoms with Gasteiger partial charge in [0, 0.05) is 10.9 Å². The zero-order valence-electron chi connectivity index (χ0n) is 10.8. The maximum atomic E-state index is 13.9. The highest BCUT2D eigenvalue weighted by atomic mass is 127. The normalized spacial score (nSPS) is 12.9. The zero-order chi connectivity index (χ0) is 14.3. The second kappa shape index (κ2) is 5.33. The predicted molar refractivity (Wildman–Crippen MR) is 89.6 cm³/mol. The van der Waals surface area contributed by atoms with Crippen LogP contribution in [-0.2, 0) is 0 Å². The lowest BCUT2D eigenvalue weighted by molar-refractivity contribution is 0.593. The van der Waals surface area contributed by atoms with E-state index in [1.165, 1.54) is 10.9 Å². The Hall–Kier alpha value is -1.15. The number of halogens is 2. The predicted octanol–water partition coefficient (Wildman–Crippen LogP) is 4.42. The van der Waals surface area contributed by atoms with Crippen molar-refractivity contribution in [1.29, 1.82) is 0 Å². The summed E-state index contributed by atoms with van der Waals surface area (Å²) in [4.78, 5) is 5.57. The van der Waals surface area contributed by atoms with Gasteiger partial charge < -0.3 is 10.3 Å². The summed E-state index contributed by atoms with van der Waals surface area (Å²) in [5.74, 6) is 0.196. The Labute approximate surface area is 133 Å². The van der Waals surface area contributed by atoms with Crippen molar-refractivity contribution in [1.82, 2.24) is 9.55 Å². The van der Waals surface area contributed by atoms with Crippen molar-refractivity contribution in [2.75, 3.05) is 5.73 Å². The van der Waals surface area contributed by atoms with Crippen molar-refractivity contribution in [2.24, 2.45) is 0 Å². The summed E-state index contributed by atoms with van der Waals surface area (Å²) in [6.45, 7) is 2.10. The van der Waals surface area contributed by atoms with Crippen LogP contribution in [0.1, 0.15) is 24.3 Å². The Bertz CT molecular complexity index is 751. The SMILES string of the molecule is CCC(c1cccs1)n1c(N)nc2cc(I)c(F)cc21. The molecule has 0 aliphatic heterocycles. The number of nitrogens with two attached hydrogens (primary N) is 1. The van der Waals surface area contributed by atoms with Crippen LogP contribution in [0.15, 0.2) is 29.6 Å². The zero-order valence-corrected chi connectivity index (χ0v) is 13.8. The quantitative estimate of drug-likeness (QED) is 0.661. The van der Waals surface area contributed by atoms with Crippen LogP contribution in [0.25, 0.3) is 11.0 Å². The number of thiophene rings is 1. The number of hydrogen-bond donors (Lipinski definition) is 1. The molecule has 3 aromatic rings. The van der Waals surface area contributed by atoms with Gasteiger partial charge in [-0.3, -0.25) is 0 Å². The standard InChI is InChI=1S/C14H13FIN3S/c1-2-11(13-4-3-5-20-13)19-12-6-8(15)9(16)7-10(12)18-14(19)17/h3-7,11H,2H2,1H3,(H2,17,18). The minimum atomic E-state index is -0.236. The van der Waals surface area contributed by atoms with Crippen molar-refractivity contribution in [3.05, 3.63) is 43.9 Å². The van der Waals surface area contributed by atoms with Crippen LogP contribution in [0, 0.1) is 9.39 Å². The van der Waals surface area contributed by atoms with Gasteiger partial charge in [0.1, 0.15) is 5.82 Å². The van der Waals surface area contributed by atoms with E-state index in [0.717, 1.165) is 17.5 Å². The Morgan fingerprint density at radius 1 is 1.50 bits per heavy atom. The smallest absolute Gasteiger partial charge is 0.201 e. The van der Waals surface area contributed by atoms with Gasteiger partial charge in [0.2, 0.25) is 5.95 Å². The molecule has 0 spiro atoms. The van der Waals surface area contributed by atoms with Crippen LogP contribution in [0.5, 0.6) is 0 Å². The van der Waals surface area contributed by atoms with E-state index in [1.807, 2.05) is 38.6 Å². The second-order valence-corrected chi connectivity index (χ2v) is 6.68. The summed E-state index contributed by atoms with van der Waals surface area (Å²) in [7, 11) is 0. The summed E-state index contributed by atoms with van der Waals surface area (Å²) in [6.07, 6.45) is 0.879. The molecule has 0 saturated heterocycles. The Kier molecular flexibility index (Phi) is 3.68. The lowest BCUT2D eigenvalue weighted by Gasteiger charge is -2.17. The lowest BCUT2D eigenvalue weighted by Crippen LogP contribution is -2.11. The molecule has 0 aliphatic rings. The Balaban J connectivity index is 2.24. The first-order chi connectivity index (χ1) is 9.61. The highest BCUT2D eigenvalue weighted by Crippen LogP contribution is 2.33. The molecule has 2 aromatic heterocycles. The lowest BCUT2D eigenvalue weighted by atomic mass is 10.1. The molecular formula is C14H13FIN3S. The third-order valence-electron chi connectivity index (χ3n) is 3.33. The summed E-state index contributed by atoms with van der Waals surface area (Å²) in [5, 5.41) is 2.04. The van der Waals surface area contributed by atoms with Gasteiger partial charge in [0.05, 0.1) is 20.6 Å². The molecule has 0 saturated carbocycles. The fraction of sp³-hybridized carbons (Fsp3) is 0.214. The molecule has 0 fully saturated rings. The molecule has 3 rings (SSSR count). The summed E-state index contributed by atoms with van der Waals surface area (Å²) < 4.78 is 16.4. The molecule has 0 bridgehead atoms. The van der Waals surface area contributed by atoms with Crippen LogP contribution in [0.4, 0.5) is 10.3 Å². The number of aromatic nitrogens is 2. The topological polar surface area (TPSA) is 43.8 Å². The molecule has 20 heavy (non-hydrogen) atoms.